The fourth-order valence-corrected chi connectivity index (χ4v) is 4.05. The molecule has 2 aliphatic heterocycles. The molecular weight excluding hydrogens is 407 g/mol. The van der Waals surface area contributed by atoms with Crippen LogP contribution in [0.2, 0.25) is 5.02 Å². The van der Waals surface area contributed by atoms with Gasteiger partial charge in [0.2, 0.25) is 0 Å². The van der Waals surface area contributed by atoms with Gasteiger partial charge in [0.1, 0.15) is 10.8 Å². The molecule has 6 nitrogen and oxygen atoms in total. The Bertz CT molecular complexity index is 893. The van der Waals surface area contributed by atoms with E-state index in [1.165, 1.54) is 0 Å². The van der Waals surface area contributed by atoms with Crippen LogP contribution < -0.4 is 5.32 Å². The van der Waals surface area contributed by atoms with Gasteiger partial charge in [0.05, 0.1) is 6.04 Å². The molecule has 1 aromatic carbocycles. The van der Waals surface area contributed by atoms with Gasteiger partial charge in [-0.2, -0.15) is 18.3 Å². The second-order valence-corrected chi connectivity index (χ2v) is 7.83. The highest BCUT2D eigenvalue weighted by molar-refractivity contribution is 6.36. The third-order valence-corrected chi connectivity index (χ3v) is 5.85. The van der Waals surface area contributed by atoms with Gasteiger partial charge in [-0.25, -0.2) is 4.68 Å². The lowest BCUT2D eigenvalue weighted by atomic mass is 9.97. The molecule has 4 rings (SSSR count). The number of rotatable bonds is 2. The maximum atomic E-state index is 13.8. The van der Waals surface area contributed by atoms with Crippen LogP contribution in [0.1, 0.15) is 34.6 Å². The van der Waals surface area contributed by atoms with E-state index in [1.54, 1.807) is 35.2 Å². The van der Waals surface area contributed by atoms with Crippen molar-refractivity contribution in [3.8, 4) is 0 Å². The van der Waals surface area contributed by atoms with Crippen molar-refractivity contribution >= 4 is 23.3 Å². The molecule has 3 heterocycles. The molecule has 0 aliphatic carbocycles. The number of aromatic nitrogens is 2. The predicted octanol–water partition coefficient (Wildman–Crippen LogP) is 3.58. The smallest absolute Gasteiger partial charge is 0.362 e. The molecule has 0 saturated carbocycles. The minimum atomic E-state index is -4.52. The molecule has 2 aromatic rings. The summed E-state index contributed by atoms with van der Waals surface area (Å²) in [5, 5.41) is 7.01. The first kappa shape index (κ1) is 20.0. The van der Waals surface area contributed by atoms with E-state index in [1.807, 2.05) is 7.05 Å². The van der Waals surface area contributed by atoms with Crippen LogP contribution in [-0.2, 0) is 0 Å². The number of anilines is 1. The highest BCUT2D eigenvalue weighted by Gasteiger charge is 2.48. The van der Waals surface area contributed by atoms with Crippen molar-refractivity contribution in [3.05, 3.63) is 46.6 Å². The zero-order valence-electron chi connectivity index (χ0n) is 15.8. The highest BCUT2D eigenvalue weighted by atomic mass is 35.5. The molecule has 1 amide bonds. The summed E-state index contributed by atoms with van der Waals surface area (Å²) in [6, 6.07) is 6.43. The maximum Gasteiger partial charge on any atom is 0.410 e. The van der Waals surface area contributed by atoms with E-state index < -0.39 is 24.2 Å². The van der Waals surface area contributed by atoms with Crippen molar-refractivity contribution in [1.82, 2.24) is 19.6 Å². The molecule has 10 heteroatoms. The number of carbonyl (C=O) groups excluding carboxylic acids is 1. The first-order valence-electron chi connectivity index (χ1n) is 9.39. The topological polar surface area (TPSA) is 53.4 Å². The van der Waals surface area contributed by atoms with Crippen LogP contribution in [-0.4, -0.2) is 64.9 Å². The van der Waals surface area contributed by atoms with Crippen LogP contribution in [0.25, 0.3) is 0 Å². The van der Waals surface area contributed by atoms with E-state index in [0.29, 0.717) is 26.2 Å². The first-order chi connectivity index (χ1) is 13.8. The number of likely N-dealkylation sites (N-methyl/N-ethyl adjacent to an activating group) is 1. The lowest BCUT2D eigenvalue weighted by Crippen LogP contribution is -2.47. The quantitative estimate of drug-likeness (QED) is 0.796. The standard InChI is InChI=1S/C19H21ClF3N5O/c1-26-7-9-27(10-8-26)18(29)16-15(20)17-24-13(12-5-3-2-4-6-12)11-14(19(21,22)23)28(17)25-16/h2-6,13-14,24H,7-11H2,1H3/t13-,14-/m0/s1. The van der Waals surface area contributed by atoms with E-state index in [0.717, 1.165) is 10.2 Å². The molecule has 0 unspecified atom stereocenters. The van der Waals surface area contributed by atoms with Crippen LogP contribution in [0, 0.1) is 0 Å². The molecule has 1 N–H and O–H groups in total. The van der Waals surface area contributed by atoms with E-state index in [9.17, 15) is 18.0 Å². The molecule has 2 atom stereocenters. The Balaban J connectivity index is 1.69. The SMILES string of the molecule is CN1CCN(C(=O)c2nn3c(c2Cl)N[C@H](c2ccccc2)C[C@H]3C(F)(F)F)CC1. The summed E-state index contributed by atoms with van der Waals surface area (Å²) in [5.74, 6) is -0.407. The molecule has 156 valence electrons. The number of nitrogens with one attached hydrogen (secondary N) is 1. The molecule has 1 fully saturated rings. The fourth-order valence-electron chi connectivity index (χ4n) is 3.79. The highest BCUT2D eigenvalue weighted by Crippen LogP contribution is 2.46. The monoisotopic (exact) mass is 427 g/mol. The summed E-state index contributed by atoms with van der Waals surface area (Å²) in [4.78, 5) is 16.6. The van der Waals surface area contributed by atoms with Crippen molar-refractivity contribution in [2.24, 2.45) is 0 Å². The number of carbonyl (C=O) groups is 1. The number of hydrogen-bond acceptors (Lipinski definition) is 4. The summed E-state index contributed by atoms with van der Waals surface area (Å²) >= 11 is 6.38. The van der Waals surface area contributed by atoms with Gasteiger partial charge in [-0.05, 0) is 12.6 Å². The molecule has 0 radical (unpaired) electrons. The Hall–Kier alpha value is -2.26. The van der Waals surface area contributed by atoms with Crippen molar-refractivity contribution in [2.45, 2.75) is 24.7 Å². The number of amides is 1. The summed E-state index contributed by atoms with van der Waals surface area (Å²) < 4.78 is 42.3. The number of benzene rings is 1. The van der Waals surface area contributed by atoms with Gasteiger partial charge in [0, 0.05) is 32.6 Å². The molecule has 29 heavy (non-hydrogen) atoms. The van der Waals surface area contributed by atoms with Crippen molar-refractivity contribution in [2.75, 3.05) is 38.5 Å². The maximum absolute atomic E-state index is 13.8. The van der Waals surface area contributed by atoms with E-state index in [2.05, 4.69) is 15.3 Å². The van der Waals surface area contributed by atoms with Crippen LogP contribution in [0.3, 0.4) is 0 Å². The van der Waals surface area contributed by atoms with Gasteiger partial charge in [-0.1, -0.05) is 41.9 Å². The number of fused-ring (bicyclic) bond motifs is 1. The average molecular weight is 428 g/mol. The Morgan fingerprint density at radius 3 is 2.45 bits per heavy atom. The third kappa shape index (κ3) is 3.81. The van der Waals surface area contributed by atoms with Gasteiger partial charge < -0.3 is 15.1 Å². The largest absolute Gasteiger partial charge is 0.410 e. The summed E-state index contributed by atoms with van der Waals surface area (Å²) in [6.45, 7) is 2.35. The summed E-state index contributed by atoms with van der Waals surface area (Å²) in [6.07, 6.45) is -4.76. The Morgan fingerprint density at radius 1 is 1.17 bits per heavy atom. The third-order valence-electron chi connectivity index (χ3n) is 5.49. The van der Waals surface area contributed by atoms with E-state index in [-0.39, 0.29) is 23.0 Å². The zero-order chi connectivity index (χ0) is 20.8. The number of alkyl halides is 3. The average Bonchev–Trinajstić information content (AvgIpc) is 3.04. The van der Waals surface area contributed by atoms with Gasteiger partial charge >= 0.3 is 6.18 Å². The van der Waals surface area contributed by atoms with Crippen molar-refractivity contribution in [1.29, 1.82) is 0 Å². The molecule has 2 aliphatic rings. The number of hydrogen-bond donors (Lipinski definition) is 1. The molecule has 0 spiro atoms. The second-order valence-electron chi connectivity index (χ2n) is 7.45. The fraction of sp³-hybridized carbons (Fsp3) is 0.474. The van der Waals surface area contributed by atoms with Crippen molar-refractivity contribution in [3.63, 3.8) is 0 Å². The van der Waals surface area contributed by atoms with Gasteiger partial charge in [0.25, 0.3) is 5.91 Å². The van der Waals surface area contributed by atoms with Gasteiger partial charge in [-0.3, -0.25) is 4.79 Å². The minimum absolute atomic E-state index is 0.0339. The van der Waals surface area contributed by atoms with Crippen LogP contribution in [0.15, 0.2) is 30.3 Å². The molecule has 1 saturated heterocycles. The van der Waals surface area contributed by atoms with Gasteiger partial charge in [-0.15, -0.1) is 0 Å². The minimum Gasteiger partial charge on any atom is -0.362 e. The molecular formula is C19H21ClF3N5O. The van der Waals surface area contributed by atoms with Crippen LogP contribution >= 0.6 is 11.6 Å². The Kier molecular flexibility index (Phi) is 5.20. The Morgan fingerprint density at radius 2 is 1.83 bits per heavy atom. The van der Waals surface area contributed by atoms with Gasteiger partial charge in [0.15, 0.2) is 11.7 Å². The predicted molar refractivity (Wildman–Crippen MR) is 103 cm³/mol. The van der Waals surface area contributed by atoms with Crippen molar-refractivity contribution < 1.29 is 18.0 Å². The van der Waals surface area contributed by atoms with E-state index in [4.69, 9.17) is 11.6 Å². The number of nitrogens with zero attached hydrogens (tertiary/aromatic N) is 4. The second kappa shape index (κ2) is 7.53. The summed E-state index contributed by atoms with van der Waals surface area (Å²) in [5.41, 5.74) is 0.582. The van der Waals surface area contributed by atoms with E-state index >= 15 is 0 Å². The normalized spacial score (nSPS) is 22.9. The Labute approximate surface area is 171 Å². The van der Waals surface area contributed by atoms with Crippen LogP contribution in [0.4, 0.5) is 19.0 Å². The number of halogens is 4. The van der Waals surface area contributed by atoms with Crippen LogP contribution in [0.5, 0.6) is 0 Å². The summed E-state index contributed by atoms with van der Waals surface area (Å²) in [7, 11) is 1.95. The number of piperazine rings is 1. The first-order valence-corrected chi connectivity index (χ1v) is 9.77. The lowest BCUT2D eigenvalue weighted by Gasteiger charge is -2.33. The zero-order valence-corrected chi connectivity index (χ0v) is 16.5. The lowest BCUT2D eigenvalue weighted by molar-refractivity contribution is -0.173. The molecule has 0 bridgehead atoms. The molecule has 1 aromatic heterocycles.